The Labute approximate surface area is 97.8 Å². The molecule has 3 N–H and O–H groups in total. The van der Waals surface area contributed by atoms with Crippen molar-refractivity contribution in [3.63, 3.8) is 0 Å². The fourth-order valence-electron chi connectivity index (χ4n) is 1.62. The molecule has 6 nitrogen and oxygen atoms in total. The van der Waals surface area contributed by atoms with E-state index >= 15 is 0 Å². The van der Waals surface area contributed by atoms with Crippen molar-refractivity contribution < 1.29 is 0 Å². The molecule has 1 unspecified atom stereocenters. The first kappa shape index (κ1) is 11.1. The van der Waals surface area contributed by atoms with E-state index in [-0.39, 0.29) is 6.04 Å². The monoisotopic (exact) mass is 240 g/mol. The van der Waals surface area contributed by atoms with Crippen LogP contribution in [0, 0.1) is 6.92 Å². The molecule has 0 fully saturated rings. The minimum Gasteiger partial charge on any atom is -0.322 e. The molecule has 0 aromatic carbocycles. The van der Waals surface area contributed by atoms with Gasteiger partial charge in [-0.25, -0.2) is 0 Å². The Balaban J connectivity index is 2.21. The quantitative estimate of drug-likeness (QED) is 0.829. The molecule has 16 heavy (non-hydrogen) atoms. The lowest BCUT2D eigenvalue weighted by molar-refractivity contribution is 0.688. The normalized spacial score (nSPS) is 13.0. The zero-order chi connectivity index (χ0) is 11.7. The van der Waals surface area contributed by atoms with Crippen LogP contribution in [0.15, 0.2) is 6.20 Å². The molecule has 7 heteroatoms. The first-order valence-electron chi connectivity index (χ1n) is 4.88. The van der Waals surface area contributed by atoms with E-state index < -0.39 is 0 Å². The van der Waals surface area contributed by atoms with Crippen molar-refractivity contribution in [1.29, 1.82) is 0 Å². The highest BCUT2D eigenvalue weighted by atomic mass is 35.5. The molecule has 0 aliphatic rings. The van der Waals surface area contributed by atoms with Gasteiger partial charge >= 0.3 is 0 Å². The summed E-state index contributed by atoms with van der Waals surface area (Å²) in [6, 6.07) is -0.223. The van der Waals surface area contributed by atoms with Crippen molar-refractivity contribution in [1.82, 2.24) is 25.2 Å². The molecule has 2 rings (SSSR count). The number of hydrogen-bond acceptors (Lipinski definition) is 4. The van der Waals surface area contributed by atoms with Gasteiger partial charge in [0.1, 0.15) is 5.15 Å². The third-order valence-electron chi connectivity index (χ3n) is 2.51. The third-order valence-corrected chi connectivity index (χ3v) is 2.98. The molecular weight excluding hydrogens is 228 g/mol. The van der Waals surface area contributed by atoms with Gasteiger partial charge in [0, 0.05) is 12.6 Å². The van der Waals surface area contributed by atoms with E-state index in [1.165, 1.54) is 0 Å². The lowest BCUT2D eigenvalue weighted by Crippen LogP contribution is -2.14. The summed E-state index contributed by atoms with van der Waals surface area (Å²) in [7, 11) is 1.81. The second-order valence-electron chi connectivity index (χ2n) is 3.68. The van der Waals surface area contributed by atoms with Crippen LogP contribution in [0.1, 0.15) is 23.0 Å². The van der Waals surface area contributed by atoms with Crippen molar-refractivity contribution in [3.8, 4) is 0 Å². The number of aromatic nitrogens is 5. The molecule has 0 radical (unpaired) electrons. The lowest BCUT2D eigenvalue weighted by Gasteiger charge is -2.07. The molecule has 86 valence electrons. The predicted octanol–water partition coefficient (Wildman–Crippen LogP) is 0.743. The third kappa shape index (κ3) is 1.94. The second-order valence-corrected chi connectivity index (χ2v) is 4.04. The highest BCUT2D eigenvalue weighted by molar-refractivity contribution is 6.30. The standard InChI is InChI=1S/C9H13ClN6/c1-5-6(9(10)16(2)14-5)3-7(11)8-4-12-15-13-8/h4,7H,3,11H2,1-2H3,(H,12,13,15). The van der Waals surface area contributed by atoms with Gasteiger partial charge < -0.3 is 5.73 Å². The number of nitrogens with two attached hydrogens (primary N) is 1. The average Bonchev–Trinajstić information content (AvgIpc) is 2.83. The molecular formula is C9H13ClN6. The van der Waals surface area contributed by atoms with E-state index in [9.17, 15) is 0 Å². The van der Waals surface area contributed by atoms with E-state index in [1.54, 1.807) is 17.9 Å². The Morgan fingerprint density at radius 3 is 2.88 bits per heavy atom. The van der Waals surface area contributed by atoms with Gasteiger partial charge in [-0.2, -0.15) is 20.5 Å². The lowest BCUT2D eigenvalue weighted by atomic mass is 10.1. The minimum absolute atomic E-state index is 0.223. The summed E-state index contributed by atoms with van der Waals surface area (Å²) in [4.78, 5) is 0. The van der Waals surface area contributed by atoms with Crippen LogP contribution < -0.4 is 5.73 Å². The van der Waals surface area contributed by atoms with Crippen LogP contribution in [0.5, 0.6) is 0 Å². The topological polar surface area (TPSA) is 85.4 Å². The zero-order valence-electron chi connectivity index (χ0n) is 9.11. The maximum atomic E-state index is 6.12. The van der Waals surface area contributed by atoms with Gasteiger partial charge in [0.25, 0.3) is 0 Å². The number of rotatable bonds is 3. The maximum absolute atomic E-state index is 6.12. The Bertz CT molecular complexity index is 474. The van der Waals surface area contributed by atoms with E-state index in [0.29, 0.717) is 11.6 Å². The predicted molar refractivity (Wildman–Crippen MR) is 60.0 cm³/mol. The number of aryl methyl sites for hydroxylation is 2. The summed E-state index contributed by atoms with van der Waals surface area (Å²) in [6.07, 6.45) is 2.22. The van der Waals surface area contributed by atoms with Crippen LogP contribution in [-0.4, -0.2) is 25.2 Å². The first-order chi connectivity index (χ1) is 7.59. The molecule has 0 spiro atoms. The van der Waals surface area contributed by atoms with Crippen LogP contribution in [0.4, 0.5) is 0 Å². The van der Waals surface area contributed by atoms with Gasteiger partial charge in [0.15, 0.2) is 0 Å². The summed E-state index contributed by atoms with van der Waals surface area (Å²) < 4.78 is 1.64. The summed E-state index contributed by atoms with van der Waals surface area (Å²) >= 11 is 6.12. The highest BCUT2D eigenvalue weighted by Gasteiger charge is 2.17. The Morgan fingerprint density at radius 2 is 2.38 bits per heavy atom. The second kappa shape index (κ2) is 4.23. The fraction of sp³-hybridized carbons (Fsp3) is 0.444. The number of nitrogens with one attached hydrogen (secondary N) is 1. The molecule has 2 aromatic heterocycles. The molecule has 0 saturated heterocycles. The van der Waals surface area contributed by atoms with Crippen LogP contribution >= 0.6 is 11.6 Å². The molecule has 2 aromatic rings. The number of halogens is 1. The molecule has 1 atom stereocenters. The van der Waals surface area contributed by atoms with E-state index in [4.69, 9.17) is 17.3 Å². The Hall–Kier alpha value is -1.40. The van der Waals surface area contributed by atoms with E-state index in [2.05, 4.69) is 20.5 Å². The average molecular weight is 241 g/mol. The summed E-state index contributed by atoms with van der Waals surface area (Å²) in [6.45, 7) is 1.91. The zero-order valence-corrected chi connectivity index (χ0v) is 9.86. The van der Waals surface area contributed by atoms with Gasteiger partial charge in [-0.15, -0.1) is 0 Å². The highest BCUT2D eigenvalue weighted by Crippen LogP contribution is 2.23. The minimum atomic E-state index is -0.223. The molecule has 0 amide bonds. The molecule has 0 aliphatic carbocycles. The maximum Gasteiger partial charge on any atom is 0.130 e. The van der Waals surface area contributed by atoms with Crippen molar-refractivity contribution >= 4 is 11.6 Å². The molecule has 2 heterocycles. The summed E-state index contributed by atoms with van der Waals surface area (Å²) in [5.74, 6) is 0. The van der Waals surface area contributed by atoms with Crippen LogP contribution in [0.25, 0.3) is 0 Å². The number of nitrogens with zero attached hydrogens (tertiary/aromatic N) is 4. The summed E-state index contributed by atoms with van der Waals surface area (Å²) in [5.41, 5.74) is 8.57. The van der Waals surface area contributed by atoms with Crippen molar-refractivity contribution in [2.24, 2.45) is 12.8 Å². The Morgan fingerprint density at radius 1 is 1.62 bits per heavy atom. The first-order valence-corrected chi connectivity index (χ1v) is 5.26. The Kier molecular flexibility index (Phi) is 2.93. The fourth-order valence-corrected chi connectivity index (χ4v) is 1.87. The number of H-pyrrole nitrogens is 1. The largest absolute Gasteiger partial charge is 0.322 e. The van der Waals surface area contributed by atoms with Gasteiger partial charge in [0.05, 0.1) is 23.6 Å². The number of hydrogen-bond donors (Lipinski definition) is 2. The van der Waals surface area contributed by atoms with Crippen LogP contribution in [-0.2, 0) is 13.5 Å². The van der Waals surface area contributed by atoms with Crippen molar-refractivity contribution in [3.05, 3.63) is 28.3 Å². The van der Waals surface area contributed by atoms with Gasteiger partial charge in [-0.05, 0) is 13.3 Å². The van der Waals surface area contributed by atoms with E-state index in [1.807, 2.05) is 6.92 Å². The van der Waals surface area contributed by atoms with Crippen molar-refractivity contribution in [2.45, 2.75) is 19.4 Å². The van der Waals surface area contributed by atoms with Crippen LogP contribution in [0.2, 0.25) is 5.15 Å². The molecule has 0 saturated carbocycles. The van der Waals surface area contributed by atoms with E-state index in [0.717, 1.165) is 17.0 Å². The number of aromatic amines is 1. The van der Waals surface area contributed by atoms with Gasteiger partial charge in [-0.1, -0.05) is 11.6 Å². The SMILES string of the molecule is Cc1nn(C)c(Cl)c1CC(N)c1cn[nH]n1. The molecule has 0 bridgehead atoms. The van der Waals surface area contributed by atoms with Gasteiger partial charge in [-0.3, -0.25) is 4.68 Å². The van der Waals surface area contributed by atoms with Crippen molar-refractivity contribution in [2.75, 3.05) is 0 Å². The summed E-state index contributed by atoms with van der Waals surface area (Å²) in [5, 5.41) is 15.1. The smallest absolute Gasteiger partial charge is 0.130 e. The molecule has 0 aliphatic heterocycles. The van der Waals surface area contributed by atoms with Gasteiger partial charge in [0.2, 0.25) is 0 Å². The van der Waals surface area contributed by atoms with Crippen LogP contribution in [0.3, 0.4) is 0 Å².